The Hall–Kier alpha value is -0.690. The van der Waals surface area contributed by atoms with E-state index in [0.717, 1.165) is 9.13 Å². The van der Waals surface area contributed by atoms with E-state index in [4.69, 9.17) is 17.4 Å². The van der Waals surface area contributed by atoms with Crippen LogP contribution in [0.15, 0.2) is 42.5 Å². The van der Waals surface area contributed by atoms with Gasteiger partial charge >= 0.3 is 0 Å². The molecular weight excluding hydrogens is 378 g/mol. The third-order valence-corrected chi connectivity index (χ3v) is 3.95. The molecule has 2 aromatic carbocycles. The number of benzene rings is 2. The smallest absolute Gasteiger partial charge is 0.127 e. The zero-order valence-corrected chi connectivity index (χ0v) is 13.0. The Labute approximate surface area is 130 Å². The van der Waals surface area contributed by atoms with Gasteiger partial charge in [0, 0.05) is 14.2 Å². The molecule has 2 aromatic rings. The van der Waals surface area contributed by atoms with Crippen molar-refractivity contribution in [3.05, 3.63) is 68.0 Å². The predicted octanol–water partition coefficient (Wildman–Crippen LogP) is 3.83. The van der Waals surface area contributed by atoms with Crippen LogP contribution in [0.25, 0.3) is 0 Å². The van der Waals surface area contributed by atoms with Crippen LogP contribution in [-0.2, 0) is 6.42 Å². The van der Waals surface area contributed by atoms with E-state index in [1.54, 1.807) is 12.1 Å². The molecule has 0 heterocycles. The van der Waals surface area contributed by atoms with E-state index in [1.165, 1.54) is 6.07 Å². The summed E-state index contributed by atoms with van der Waals surface area (Å²) in [5, 5.41) is 0.422. The van der Waals surface area contributed by atoms with Gasteiger partial charge in [-0.25, -0.2) is 4.39 Å². The second-order valence-corrected chi connectivity index (χ2v) is 5.83. The van der Waals surface area contributed by atoms with Gasteiger partial charge in [0.1, 0.15) is 5.82 Å². The Bertz CT molecular complexity index is 557. The van der Waals surface area contributed by atoms with Gasteiger partial charge in [0.15, 0.2) is 0 Å². The van der Waals surface area contributed by atoms with Gasteiger partial charge in [-0.1, -0.05) is 29.8 Å². The van der Waals surface area contributed by atoms with Crippen molar-refractivity contribution >= 4 is 34.2 Å². The number of rotatable bonds is 4. The summed E-state index contributed by atoms with van der Waals surface area (Å²) >= 11 is 8.27. The molecule has 5 heteroatoms. The first-order valence-corrected chi connectivity index (χ1v) is 7.22. The van der Waals surface area contributed by atoms with Gasteiger partial charge in [-0.05, 0) is 58.8 Å². The van der Waals surface area contributed by atoms with E-state index in [0.29, 0.717) is 17.0 Å². The molecule has 3 N–H and O–H groups in total. The Morgan fingerprint density at radius 1 is 1.26 bits per heavy atom. The van der Waals surface area contributed by atoms with Crippen LogP contribution in [0, 0.1) is 9.39 Å². The minimum Gasteiger partial charge on any atom is -0.271 e. The van der Waals surface area contributed by atoms with Crippen LogP contribution < -0.4 is 11.3 Å². The van der Waals surface area contributed by atoms with Crippen molar-refractivity contribution in [3.8, 4) is 0 Å². The molecule has 1 unspecified atom stereocenters. The van der Waals surface area contributed by atoms with Crippen LogP contribution in [0.5, 0.6) is 0 Å². The zero-order valence-electron chi connectivity index (χ0n) is 10.0. The highest BCUT2D eigenvalue weighted by Crippen LogP contribution is 2.26. The van der Waals surface area contributed by atoms with Gasteiger partial charge in [-0.3, -0.25) is 11.3 Å². The van der Waals surface area contributed by atoms with Crippen molar-refractivity contribution in [2.75, 3.05) is 0 Å². The van der Waals surface area contributed by atoms with Crippen molar-refractivity contribution in [2.45, 2.75) is 12.5 Å². The molecule has 0 aliphatic carbocycles. The monoisotopic (exact) mass is 390 g/mol. The van der Waals surface area contributed by atoms with Crippen LogP contribution in [0.3, 0.4) is 0 Å². The van der Waals surface area contributed by atoms with Crippen LogP contribution in [0.1, 0.15) is 17.2 Å². The minimum absolute atomic E-state index is 0.177. The molecule has 0 amide bonds. The molecule has 2 rings (SSSR count). The number of hydrazine groups is 1. The topological polar surface area (TPSA) is 38.0 Å². The minimum atomic E-state index is -0.307. The summed E-state index contributed by atoms with van der Waals surface area (Å²) in [6.45, 7) is 0. The molecule has 0 saturated carbocycles. The summed E-state index contributed by atoms with van der Waals surface area (Å²) < 4.78 is 14.9. The number of nitrogens with one attached hydrogen (secondary N) is 1. The van der Waals surface area contributed by atoms with Crippen LogP contribution in [-0.4, -0.2) is 0 Å². The molecule has 0 spiro atoms. The average molecular weight is 391 g/mol. The quantitative estimate of drug-likeness (QED) is 0.473. The normalized spacial score (nSPS) is 12.4. The molecule has 0 bridgehead atoms. The highest BCUT2D eigenvalue weighted by Gasteiger charge is 2.15. The van der Waals surface area contributed by atoms with E-state index < -0.39 is 0 Å². The lowest BCUT2D eigenvalue weighted by Crippen LogP contribution is -2.30. The van der Waals surface area contributed by atoms with Crippen molar-refractivity contribution in [1.29, 1.82) is 0 Å². The molecule has 0 aromatic heterocycles. The van der Waals surface area contributed by atoms with Gasteiger partial charge in [0.25, 0.3) is 0 Å². The van der Waals surface area contributed by atoms with E-state index in [2.05, 4.69) is 28.0 Å². The fraction of sp³-hybridized carbons (Fsp3) is 0.143. The van der Waals surface area contributed by atoms with Crippen LogP contribution >= 0.6 is 34.2 Å². The average Bonchev–Trinajstić information content (AvgIpc) is 2.38. The first kappa shape index (κ1) is 14.7. The third-order valence-electron chi connectivity index (χ3n) is 2.92. The summed E-state index contributed by atoms with van der Waals surface area (Å²) in [6.07, 6.45) is 0.405. The Morgan fingerprint density at radius 2 is 2.00 bits per heavy atom. The second kappa shape index (κ2) is 6.65. The van der Waals surface area contributed by atoms with Crippen LogP contribution in [0.2, 0.25) is 5.02 Å². The summed E-state index contributed by atoms with van der Waals surface area (Å²) in [5.74, 6) is 5.28. The molecule has 0 saturated heterocycles. The molecule has 0 aliphatic heterocycles. The standard InChI is InChI=1S/C14H13ClFIN2/c15-12-5-2-6-13(16)11(12)8-14(19-18)9-3-1-4-10(17)7-9/h1-7,14,19H,8,18H2. The number of nitrogens with two attached hydrogens (primary N) is 1. The molecule has 1 atom stereocenters. The van der Waals surface area contributed by atoms with Gasteiger partial charge in [0.05, 0.1) is 6.04 Å². The van der Waals surface area contributed by atoms with Gasteiger partial charge < -0.3 is 0 Å². The van der Waals surface area contributed by atoms with Crippen molar-refractivity contribution < 1.29 is 4.39 Å². The summed E-state index contributed by atoms with van der Waals surface area (Å²) in [4.78, 5) is 0. The second-order valence-electron chi connectivity index (χ2n) is 4.18. The zero-order chi connectivity index (χ0) is 13.8. The fourth-order valence-electron chi connectivity index (χ4n) is 1.93. The molecule has 0 aliphatic rings. The molecular formula is C14H13ClFIN2. The highest BCUT2D eigenvalue weighted by atomic mass is 127. The summed E-state index contributed by atoms with van der Waals surface area (Å²) in [5.41, 5.74) is 4.21. The molecule has 0 fully saturated rings. The maximum atomic E-state index is 13.8. The Morgan fingerprint density at radius 3 is 2.63 bits per heavy atom. The number of halogens is 3. The van der Waals surface area contributed by atoms with E-state index >= 15 is 0 Å². The molecule has 100 valence electrons. The van der Waals surface area contributed by atoms with Crippen molar-refractivity contribution in [3.63, 3.8) is 0 Å². The third kappa shape index (κ3) is 3.66. The lowest BCUT2D eigenvalue weighted by atomic mass is 9.99. The Balaban J connectivity index is 2.29. The number of hydrogen-bond acceptors (Lipinski definition) is 2. The van der Waals surface area contributed by atoms with Gasteiger partial charge in [0.2, 0.25) is 0 Å². The predicted molar refractivity (Wildman–Crippen MR) is 84.3 cm³/mol. The van der Waals surface area contributed by atoms with E-state index in [1.807, 2.05) is 24.3 Å². The SMILES string of the molecule is NNC(Cc1c(F)cccc1Cl)c1cccc(I)c1. The summed E-state index contributed by atoms with van der Waals surface area (Å²) in [6, 6.07) is 12.4. The van der Waals surface area contributed by atoms with E-state index in [-0.39, 0.29) is 11.9 Å². The maximum Gasteiger partial charge on any atom is 0.127 e. The van der Waals surface area contributed by atoms with Crippen molar-refractivity contribution in [1.82, 2.24) is 5.43 Å². The molecule has 19 heavy (non-hydrogen) atoms. The fourth-order valence-corrected chi connectivity index (χ4v) is 2.74. The number of hydrogen-bond donors (Lipinski definition) is 2. The maximum absolute atomic E-state index is 13.8. The van der Waals surface area contributed by atoms with Gasteiger partial charge in [-0.15, -0.1) is 0 Å². The van der Waals surface area contributed by atoms with E-state index in [9.17, 15) is 4.39 Å². The summed E-state index contributed by atoms with van der Waals surface area (Å²) in [7, 11) is 0. The lowest BCUT2D eigenvalue weighted by Gasteiger charge is -2.18. The molecule has 0 radical (unpaired) electrons. The largest absolute Gasteiger partial charge is 0.271 e. The van der Waals surface area contributed by atoms with Gasteiger partial charge in [-0.2, -0.15) is 0 Å². The lowest BCUT2D eigenvalue weighted by molar-refractivity contribution is 0.529. The highest BCUT2D eigenvalue weighted by molar-refractivity contribution is 14.1. The van der Waals surface area contributed by atoms with Crippen LogP contribution in [0.4, 0.5) is 4.39 Å². The molecule has 2 nitrogen and oxygen atoms in total. The first-order chi connectivity index (χ1) is 9.11. The Kier molecular flexibility index (Phi) is 5.15. The van der Waals surface area contributed by atoms with Crippen molar-refractivity contribution in [2.24, 2.45) is 5.84 Å². The first-order valence-electron chi connectivity index (χ1n) is 5.76.